The molecule has 0 spiro atoms. The summed E-state index contributed by atoms with van der Waals surface area (Å²) in [5.74, 6) is 0. The van der Waals surface area contributed by atoms with Crippen LogP contribution < -0.4 is 5.32 Å². The summed E-state index contributed by atoms with van der Waals surface area (Å²) in [5.41, 5.74) is 3.31. The lowest BCUT2D eigenvalue weighted by Gasteiger charge is -2.10. The van der Waals surface area contributed by atoms with E-state index in [2.05, 4.69) is 5.32 Å². The number of benzene rings is 2. The molecular formula is C16H17NO. The molecule has 0 bridgehead atoms. The summed E-state index contributed by atoms with van der Waals surface area (Å²) in [6.45, 7) is 0.759. The van der Waals surface area contributed by atoms with E-state index in [4.69, 9.17) is 5.11 Å². The Labute approximate surface area is 108 Å². The van der Waals surface area contributed by atoms with Crippen molar-refractivity contribution in [1.82, 2.24) is 0 Å². The van der Waals surface area contributed by atoms with E-state index in [9.17, 15) is 0 Å². The summed E-state index contributed by atoms with van der Waals surface area (Å²) >= 11 is 0. The zero-order valence-corrected chi connectivity index (χ0v) is 10.2. The molecule has 0 saturated carbocycles. The Kier molecular flexibility index (Phi) is 4.56. The van der Waals surface area contributed by atoms with Crippen LogP contribution in [0.5, 0.6) is 0 Å². The van der Waals surface area contributed by atoms with Crippen LogP contribution in [0, 0.1) is 0 Å². The summed E-state index contributed by atoms with van der Waals surface area (Å²) in [7, 11) is 0. The van der Waals surface area contributed by atoms with Gasteiger partial charge in [0.25, 0.3) is 0 Å². The molecule has 0 atom stereocenters. The molecule has 0 saturated heterocycles. The highest BCUT2D eigenvalue weighted by Crippen LogP contribution is 2.15. The quantitative estimate of drug-likeness (QED) is 0.840. The summed E-state index contributed by atoms with van der Waals surface area (Å²) < 4.78 is 0. The molecule has 0 heterocycles. The minimum absolute atomic E-state index is 0.0562. The molecule has 0 unspecified atom stereocenters. The fourth-order valence-electron chi connectivity index (χ4n) is 1.81. The third-order valence-electron chi connectivity index (χ3n) is 2.74. The molecule has 0 aromatic heterocycles. The molecule has 2 N–H and O–H groups in total. The van der Waals surface area contributed by atoms with Crippen LogP contribution in [-0.4, -0.2) is 18.3 Å². The highest BCUT2D eigenvalue weighted by molar-refractivity contribution is 5.69. The summed E-state index contributed by atoms with van der Waals surface area (Å²) in [6, 6.07) is 20.1. The highest BCUT2D eigenvalue weighted by atomic mass is 16.2. The number of hydrogen-bond donors (Lipinski definition) is 2. The first kappa shape index (κ1) is 12.4. The van der Waals surface area contributed by atoms with E-state index in [1.807, 2.05) is 66.7 Å². The maximum Gasteiger partial charge on any atom is 0.0618 e. The van der Waals surface area contributed by atoms with Crippen molar-refractivity contribution in [2.75, 3.05) is 18.5 Å². The predicted octanol–water partition coefficient (Wildman–Crippen LogP) is 3.17. The van der Waals surface area contributed by atoms with Crippen molar-refractivity contribution >= 4 is 11.3 Å². The average molecular weight is 239 g/mol. The van der Waals surface area contributed by atoms with Crippen molar-refractivity contribution in [3.8, 4) is 0 Å². The van der Waals surface area contributed by atoms with E-state index in [1.165, 1.54) is 0 Å². The monoisotopic (exact) mass is 239 g/mol. The van der Waals surface area contributed by atoms with Crippen molar-refractivity contribution in [3.05, 3.63) is 72.3 Å². The normalized spacial score (nSPS) is 11.3. The second-order valence-electron chi connectivity index (χ2n) is 4.00. The van der Waals surface area contributed by atoms with E-state index >= 15 is 0 Å². The van der Waals surface area contributed by atoms with Crippen molar-refractivity contribution in [3.63, 3.8) is 0 Å². The van der Waals surface area contributed by atoms with Crippen LogP contribution in [-0.2, 0) is 0 Å². The number of aliphatic hydroxyl groups is 1. The minimum Gasteiger partial charge on any atom is -0.392 e. The number of para-hydroxylation sites is 1. The number of anilines is 1. The Morgan fingerprint density at radius 3 is 2.17 bits per heavy atom. The molecule has 92 valence electrons. The third-order valence-corrected chi connectivity index (χ3v) is 2.74. The van der Waals surface area contributed by atoms with Gasteiger partial charge in [-0.05, 0) is 23.3 Å². The molecule has 0 aliphatic carbocycles. The van der Waals surface area contributed by atoms with E-state index < -0.39 is 0 Å². The Bertz CT molecular complexity index is 491. The first-order valence-electron chi connectivity index (χ1n) is 6.04. The SMILES string of the molecule is OC/C=C(\CNc1ccccc1)c1ccccc1. The maximum atomic E-state index is 9.09. The van der Waals surface area contributed by atoms with Gasteiger partial charge in [-0.1, -0.05) is 54.6 Å². The molecule has 0 radical (unpaired) electrons. The van der Waals surface area contributed by atoms with Gasteiger partial charge in [0.15, 0.2) is 0 Å². The van der Waals surface area contributed by atoms with Gasteiger partial charge in [-0.15, -0.1) is 0 Å². The topological polar surface area (TPSA) is 32.3 Å². The van der Waals surface area contributed by atoms with Crippen LogP contribution in [0.25, 0.3) is 5.57 Å². The Morgan fingerprint density at radius 2 is 1.56 bits per heavy atom. The first-order chi connectivity index (χ1) is 8.90. The van der Waals surface area contributed by atoms with E-state index in [0.29, 0.717) is 6.54 Å². The molecule has 0 amide bonds. The molecular weight excluding hydrogens is 222 g/mol. The standard InChI is InChI=1S/C16H17NO/c18-12-11-15(14-7-3-1-4-8-14)13-17-16-9-5-2-6-10-16/h1-11,17-18H,12-13H2/b15-11+. The largest absolute Gasteiger partial charge is 0.392 e. The zero-order valence-electron chi connectivity index (χ0n) is 10.2. The first-order valence-corrected chi connectivity index (χ1v) is 6.04. The number of aliphatic hydroxyl groups excluding tert-OH is 1. The molecule has 2 heteroatoms. The van der Waals surface area contributed by atoms with E-state index in [-0.39, 0.29) is 6.61 Å². The second kappa shape index (κ2) is 6.62. The molecule has 2 aromatic rings. The van der Waals surface area contributed by atoms with Crippen LogP contribution in [0.2, 0.25) is 0 Å². The van der Waals surface area contributed by atoms with Crippen molar-refractivity contribution in [2.45, 2.75) is 0 Å². The molecule has 2 rings (SSSR count). The lowest BCUT2D eigenvalue weighted by molar-refractivity contribution is 0.343. The van der Waals surface area contributed by atoms with Crippen LogP contribution in [0.15, 0.2) is 66.7 Å². The van der Waals surface area contributed by atoms with Gasteiger partial charge >= 0.3 is 0 Å². The molecule has 0 fully saturated rings. The predicted molar refractivity (Wildman–Crippen MR) is 76.4 cm³/mol. The van der Waals surface area contributed by atoms with E-state index in [1.54, 1.807) is 0 Å². The summed E-state index contributed by atoms with van der Waals surface area (Å²) in [5, 5.41) is 12.4. The van der Waals surface area contributed by atoms with Gasteiger partial charge in [-0.25, -0.2) is 0 Å². The number of rotatable bonds is 5. The average Bonchev–Trinajstić information content (AvgIpc) is 2.45. The molecule has 18 heavy (non-hydrogen) atoms. The van der Waals surface area contributed by atoms with Gasteiger partial charge in [-0.2, -0.15) is 0 Å². The van der Waals surface area contributed by atoms with Gasteiger partial charge < -0.3 is 10.4 Å². The van der Waals surface area contributed by atoms with Gasteiger partial charge in [-0.3, -0.25) is 0 Å². The van der Waals surface area contributed by atoms with Crippen molar-refractivity contribution < 1.29 is 5.11 Å². The molecule has 0 aliphatic rings. The maximum absolute atomic E-state index is 9.09. The fourth-order valence-corrected chi connectivity index (χ4v) is 1.81. The van der Waals surface area contributed by atoms with Crippen LogP contribution in [0.3, 0.4) is 0 Å². The second-order valence-corrected chi connectivity index (χ2v) is 4.00. The Balaban J connectivity index is 2.07. The lowest BCUT2D eigenvalue weighted by atomic mass is 10.1. The smallest absolute Gasteiger partial charge is 0.0618 e. The Hall–Kier alpha value is -2.06. The van der Waals surface area contributed by atoms with Crippen molar-refractivity contribution in [2.24, 2.45) is 0 Å². The van der Waals surface area contributed by atoms with Crippen LogP contribution in [0.4, 0.5) is 5.69 Å². The number of nitrogens with one attached hydrogen (secondary N) is 1. The molecule has 0 aliphatic heterocycles. The van der Waals surface area contributed by atoms with Crippen LogP contribution in [0.1, 0.15) is 5.56 Å². The zero-order chi connectivity index (χ0) is 12.6. The third kappa shape index (κ3) is 3.47. The fraction of sp³-hybridized carbons (Fsp3) is 0.125. The molecule has 2 aromatic carbocycles. The molecule has 2 nitrogen and oxygen atoms in total. The summed E-state index contributed by atoms with van der Waals surface area (Å²) in [4.78, 5) is 0. The van der Waals surface area contributed by atoms with Crippen LogP contribution >= 0.6 is 0 Å². The van der Waals surface area contributed by atoms with E-state index in [0.717, 1.165) is 16.8 Å². The van der Waals surface area contributed by atoms with Gasteiger partial charge in [0.05, 0.1) is 6.61 Å². The van der Waals surface area contributed by atoms with Gasteiger partial charge in [0, 0.05) is 12.2 Å². The van der Waals surface area contributed by atoms with Gasteiger partial charge in [0.2, 0.25) is 0 Å². The Morgan fingerprint density at radius 1 is 0.944 bits per heavy atom. The number of hydrogen-bond acceptors (Lipinski definition) is 2. The highest BCUT2D eigenvalue weighted by Gasteiger charge is 2.00. The summed E-state index contributed by atoms with van der Waals surface area (Å²) in [6.07, 6.45) is 1.84. The minimum atomic E-state index is 0.0562. The van der Waals surface area contributed by atoms with Gasteiger partial charge in [0.1, 0.15) is 0 Å². The lowest BCUT2D eigenvalue weighted by Crippen LogP contribution is -2.04. The van der Waals surface area contributed by atoms with Crippen molar-refractivity contribution in [1.29, 1.82) is 0 Å².